The van der Waals surface area contributed by atoms with Gasteiger partial charge in [-0.05, 0) is 35.6 Å². The summed E-state index contributed by atoms with van der Waals surface area (Å²) in [7, 11) is -2.43. The van der Waals surface area contributed by atoms with Crippen LogP contribution in [0.15, 0.2) is 53.4 Å². The summed E-state index contributed by atoms with van der Waals surface area (Å²) < 4.78 is 33.3. The Kier molecular flexibility index (Phi) is 7.21. The summed E-state index contributed by atoms with van der Waals surface area (Å²) in [5.41, 5.74) is 1.23. The normalized spacial score (nSPS) is 11.9. The van der Waals surface area contributed by atoms with Gasteiger partial charge in [-0.2, -0.15) is 0 Å². The highest BCUT2D eigenvalue weighted by Gasteiger charge is 2.22. The number of rotatable bonds is 8. The lowest BCUT2D eigenvalue weighted by Gasteiger charge is -2.19. The van der Waals surface area contributed by atoms with Crippen molar-refractivity contribution in [2.75, 3.05) is 20.2 Å². The minimum atomic E-state index is -3.83. The van der Waals surface area contributed by atoms with Crippen molar-refractivity contribution in [3.8, 4) is 5.75 Å². The molecular weight excluding hydrogens is 376 g/mol. The van der Waals surface area contributed by atoms with Gasteiger partial charge in [0.05, 0.1) is 7.11 Å². The third kappa shape index (κ3) is 6.35. The van der Waals surface area contributed by atoms with E-state index in [1.807, 2.05) is 51.1 Å². The van der Waals surface area contributed by atoms with Gasteiger partial charge in [-0.15, -0.1) is 0 Å². The molecule has 0 bridgehead atoms. The van der Waals surface area contributed by atoms with Crippen LogP contribution in [0.4, 0.5) is 0 Å². The number of hydrogen-bond acceptors (Lipinski definition) is 4. The second kappa shape index (κ2) is 9.21. The number of sulfonamides is 1. The van der Waals surface area contributed by atoms with Crippen molar-refractivity contribution in [3.63, 3.8) is 0 Å². The molecule has 2 aromatic rings. The predicted octanol–water partition coefficient (Wildman–Crippen LogP) is 2.99. The number of hydrogen-bond donors (Lipinski definition) is 2. The zero-order valence-corrected chi connectivity index (χ0v) is 17.6. The molecule has 0 aliphatic heterocycles. The molecule has 0 aromatic heterocycles. The molecule has 28 heavy (non-hydrogen) atoms. The number of ether oxygens (including phenoxy) is 1. The predicted molar refractivity (Wildman–Crippen MR) is 110 cm³/mol. The summed E-state index contributed by atoms with van der Waals surface area (Å²) in [6.45, 7) is 6.75. The van der Waals surface area contributed by atoms with E-state index in [2.05, 4.69) is 10.0 Å². The van der Waals surface area contributed by atoms with Gasteiger partial charge < -0.3 is 10.1 Å². The molecule has 0 atom stereocenters. The quantitative estimate of drug-likeness (QED) is 0.708. The van der Waals surface area contributed by atoms with Gasteiger partial charge in [-0.1, -0.05) is 51.1 Å². The van der Waals surface area contributed by atoms with E-state index in [0.717, 1.165) is 5.56 Å². The average molecular weight is 405 g/mol. The molecule has 2 N–H and O–H groups in total. The number of amides is 1. The molecule has 0 radical (unpaired) electrons. The second-order valence-corrected chi connectivity index (χ2v) is 9.48. The van der Waals surface area contributed by atoms with E-state index < -0.39 is 10.0 Å². The summed E-state index contributed by atoms with van der Waals surface area (Å²) in [6.07, 6.45) is 0.564. The molecule has 0 saturated heterocycles. The summed E-state index contributed by atoms with van der Waals surface area (Å²) in [4.78, 5) is 12.4. The third-order valence-corrected chi connectivity index (χ3v) is 5.53. The zero-order chi connectivity index (χ0) is 20.8. The molecule has 6 nitrogen and oxygen atoms in total. The summed E-state index contributed by atoms with van der Waals surface area (Å²) in [5, 5.41) is 2.82. The van der Waals surface area contributed by atoms with Crippen molar-refractivity contribution in [2.24, 2.45) is 5.41 Å². The summed E-state index contributed by atoms with van der Waals surface area (Å²) in [6, 6.07) is 14.0. The zero-order valence-electron chi connectivity index (χ0n) is 16.8. The SMILES string of the molecule is COc1ccc(C(=O)NCC(C)(C)C)cc1S(=O)(=O)NCCc1ccccc1. The highest BCUT2D eigenvalue weighted by molar-refractivity contribution is 7.89. The van der Waals surface area contributed by atoms with E-state index in [9.17, 15) is 13.2 Å². The first-order valence-electron chi connectivity index (χ1n) is 9.12. The average Bonchev–Trinajstić information content (AvgIpc) is 2.65. The van der Waals surface area contributed by atoms with Gasteiger partial charge in [0.1, 0.15) is 10.6 Å². The molecule has 0 heterocycles. The van der Waals surface area contributed by atoms with E-state index in [4.69, 9.17) is 4.74 Å². The van der Waals surface area contributed by atoms with Crippen molar-refractivity contribution in [1.29, 1.82) is 0 Å². The maximum Gasteiger partial charge on any atom is 0.251 e. The van der Waals surface area contributed by atoms with E-state index >= 15 is 0 Å². The van der Waals surface area contributed by atoms with Crippen LogP contribution in [-0.2, 0) is 16.4 Å². The van der Waals surface area contributed by atoms with Crippen LogP contribution in [0.5, 0.6) is 5.75 Å². The first-order chi connectivity index (χ1) is 13.1. The standard InChI is InChI=1S/C21H28N2O4S/c1-21(2,3)15-22-20(24)17-10-11-18(27-4)19(14-17)28(25,26)23-13-12-16-8-6-5-7-9-16/h5-11,14,23H,12-13,15H2,1-4H3,(H,22,24). The van der Waals surface area contributed by atoms with Gasteiger partial charge in [0.2, 0.25) is 10.0 Å². The van der Waals surface area contributed by atoms with Gasteiger partial charge in [0.15, 0.2) is 0 Å². The molecular formula is C21H28N2O4S. The molecule has 0 saturated carbocycles. The number of carbonyl (C=O) groups is 1. The van der Waals surface area contributed by atoms with E-state index in [-0.39, 0.29) is 34.1 Å². The lowest BCUT2D eigenvalue weighted by Crippen LogP contribution is -2.32. The molecule has 1 amide bonds. The van der Waals surface area contributed by atoms with Gasteiger partial charge in [0, 0.05) is 18.7 Å². The van der Waals surface area contributed by atoms with Crippen LogP contribution in [0, 0.1) is 5.41 Å². The third-order valence-electron chi connectivity index (χ3n) is 4.04. The van der Waals surface area contributed by atoms with Crippen LogP contribution in [0.2, 0.25) is 0 Å². The fourth-order valence-electron chi connectivity index (χ4n) is 2.53. The van der Waals surface area contributed by atoms with Crippen molar-refractivity contribution >= 4 is 15.9 Å². The molecule has 2 rings (SSSR count). The fourth-order valence-corrected chi connectivity index (χ4v) is 3.75. The van der Waals surface area contributed by atoms with Crippen LogP contribution < -0.4 is 14.8 Å². The summed E-state index contributed by atoms with van der Waals surface area (Å²) >= 11 is 0. The number of benzene rings is 2. The van der Waals surface area contributed by atoms with E-state index in [0.29, 0.717) is 13.0 Å². The van der Waals surface area contributed by atoms with Crippen LogP contribution in [0.25, 0.3) is 0 Å². The Balaban J connectivity index is 2.16. The van der Waals surface area contributed by atoms with Gasteiger partial charge in [-0.3, -0.25) is 4.79 Å². The first kappa shape index (κ1) is 21.9. The highest BCUT2D eigenvalue weighted by atomic mass is 32.2. The Morgan fingerprint density at radius 3 is 2.36 bits per heavy atom. The monoisotopic (exact) mass is 404 g/mol. The van der Waals surface area contributed by atoms with Crippen molar-refractivity contribution in [3.05, 3.63) is 59.7 Å². The molecule has 0 aliphatic carbocycles. The minimum absolute atomic E-state index is 0.0496. The maximum absolute atomic E-state index is 12.8. The fraction of sp³-hybridized carbons (Fsp3) is 0.381. The number of carbonyl (C=O) groups excluding carboxylic acids is 1. The van der Waals surface area contributed by atoms with Crippen LogP contribution >= 0.6 is 0 Å². The second-order valence-electron chi connectivity index (χ2n) is 7.74. The maximum atomic E-state index is 12.8. The van der Waals surface area contributed by atoms with Gasteiger partial charge >= 0.3 is 0 Å². The Morgan fingerprint density at radius 2 is 1.75 bits per heavy atom. The van der Waals surface area contributed by atoms with Gasteiger partial charge in [0.25, 0.3) is 5.91 Å². The van der Waals surface area contributed by atoms with Gasteiger partial charge in [-0.25, -0.2) is 13.1 Å². The van der Waals surface area contributed by atoms with Crippen molar-refractivity contribution in [1.82, 2.24) is 10.0 Å². The molecule has 0 aliphatic rings. The molecule has 152 valence electrons. The molecule has 7 heteroatoms. The lowest BCUT2D eigenvalue weighted by molar-refractivity contribution is 0.0939. The molecule has 2 aromatic carbocycles. The van der Waals surface area contributed by atoms with Crippen LogP contribution in [-0.4, -0.2) is 34.5 Å². The first-order valence-corrected chi connectivity index (χ1v) is 10.6. The van der Waals surface area contributed by atoms with Crippen molar-refractivity contribution in [2.45, 2.75) is 32.1 Å². The van der Waals surface area contributed by atoms with Crippen LogP contribution in [0.1, 0.15) is 36.7 Å². The Bertz CT molecular complexity index is 904. The van der Waals surface area contributed by atoms with Crippen LogP contribution in [0.3, 0.4) is 0 Å². The van der Waals surface area contributed by atoms with Crippen molar-refractivity contribution < 1.29 is 17.9 Å². The topological polar surface area (TPSA) is 84.5 Å². The Labute approximate surface area is 167 Å². The largest absolute Gasteiger partial charge is 0.495 e. The smallest absolute Gasteiger partial charge is 0.251 e. The molecule has 0 unspecified atom stereocenters. The lowest BCUT2D eigenvalue weighted by atomic mass is 9.97. The number of nitrogens with one attached hydrogen (secondary N) is 2. The molecule has 0 spiro atoms. The van der Waals surface area contributed by atoms with E-state index in [1.54, 1.807) is 6.07 Å². The number of methoxy groups -OCH3 is 1. The Hall–Kier alpha value is -2.38. The summed E-state index contributed by atoms with van der Waals surface area (Å²) in [5.74, 6) is -0.127. The van der Waals surface area contributed by atoms with E-state index in [1.165, 1.54) is 19.2 Å². The minimum Gasteiger partial charge on any atom is -0.495 e. The molecule has 0 fully saturated rings. The highest BCUT2D eigenvalue weighted by Crippen LogP contribution is 2.25. The Morgan fingerprint density at radius 1 is 1.07 bits per heavy atom.